The smallest absolute Gasteiger partial charge is 0.319 e. The van der Waals surface area contributed by atoms with Crippen LogP contribution in [0.3, 0.4) is 0 Å². The van der Waals surface area contributed by atoms with E-state index in [1.54, 1.807) is 6.20 Å². The third-order valence-corrected chi connectivity index (χ3v) is 3.99. The van der Waals surface area contributed by atoms with Crippen LogP contribution < -0.4 is 0 Å². The fourth-order valence-corrected chi connectivity index (χ4v) is 2.95. The predicted octanol–water partition coefficient (Wildman–Crippen LogP) is 2.12. The summed E-state index contributed by atoms with van der Waals surface area (Å²) in [6.07, 6.45) is 7.88. The first-order valence-corrected chi connectivity index (χ1v) is 7.10. The monoisotopic (exact) mass is 274 g/mol. The molecule has 2 aromatic heterocycles. The summed E-state index contributed by atoms with van der Waals surface area (Å²) >= 11 is 0. The first-order valence-electron chi connectivity index (χ1n) is 7.10. The molecule has 6 heteroatoms. The number of carbonyl (C=O) groups is 1. The average molecular weight is 274 g/mol. The van der Waals surface area contributed by atoms with Crippen molar-refractivity contribution >= 4 is 17.1 Å². The van der Waals surface area contributed by atoms with Crippen molar-refractivity contribution in [2.24, 2.45) is 0 Å². The van der Waals surface area contributed by atoms with Gasteiger partial charge in [-0.1, -0.05) is 19.3 Å². The maximum absolute atomic E-state index is 12.5. The van der Waals surface area contributed by atoms with Crippen LogP contribution in [0, 0.1) is 0 Å². The zero-order valence-corrected chi connectivity index (χ0v) is 11.6. The molecule has 1 N–H and O–H groups in total. The van der Waals surface area contributed by atoms with Gasteiger partial charge in [-0.2, -0.15) is 0 Å². The van der Waals surface area contributed by atoms with Crippen molar-refractivity contribution in [3.05, 3.63) is 18.3 Å². The standard InChI is InChI=1S/C14H18N4O2/c1-2-20-13(19)14(6-4-3-5-7-14)12-17-10-8-15-9-16-11(10)18-12/h8-9H,2-7H2,1H3,(H,15,16,17,18). The molecule has 20 heavy (non-hydrogen) atoms. The zero-order chi connectivity index (χ0) is 14.0. The molecule has 0 aromatic carbocycles. The lowest BCUT2D eigenvalue weighted by molar-refractivity contribution is -0.152. The lowest BCUT2D eigenvalue weighted by Crippen LogP contribution is -2.40. The molecule has 2 heterocycles. The molecule has 0 radical (unpaired) electrons. The van der Waals surface area contributed by atoms with Crippen molar-refractivity contribution in [3.63, 3.8) is 0 Å². The fraction of sp³-hybridized carbons (Fsp3) is 0.571. The molecule has 6 nitrogen and oxygen atoms in total. The zero-order valence-electron chi connectivity index (χ0n) is 11.6. The summed E-state index contributed by atoms with van der Waals surface area (Å²) in [6, 6.07) is 0. The number of rotatable bonds is 3. The number of imidazole rings is 1. The molecule has 0 bridgehead atoms. The summed E-state index contributed by atoms with van der Waals surface area (Å²) in [7, 11) is 0. The highest BCUT2D eigenvalue weighted by Gasteiger charge is 2.45. The van der Waals surface area contributed by atoms with E-state index in [0.717, 1.165) is 37.6 Å². The minimum Gasteiger partial charge on any atom is -0.465 e. The Morgan fingerprint density at radius 2 is 2.20 bits per heavy atom. The van der Waals surface area contributed by atoms with Crippen LogP contribution in [0.1, 0.15) is 44.9 Å². The molecular formula is C14H18N4O2. The molecule has 106 valence electrons. The van der Waals surface area contributed by atoms with Crippen LogP contribution in [0.4, 0.5) is 0 Å². The Balaban J connectivity index is 2.06. The van der Waals surface area contributed by atoms with Crippen molar-refractivity contribution in [1.29, 1.82) is 0 Å². The number of ether oxygens (including phenoxy) is 1. The molecule has 0 unspecified atom stereocenters. The SMILES string of the molecule is CCOC(=O)C1(c2nc3ncncc3[nH]2)CCCCC1. The Hall–Kier alpha value is -1.98. The molecular weight excluding hydrogens is 256 g/mol. The van der Waals surface area contributed by atoms with E-state index in [1.807, 2.05) is 6.92 Å². The Morgan fingerprint density at radius 3 is 2.90 bits per heavy atom. The minimum atomic E-state index is -0.644. The summed E-state index contributed by atoms with van der Waals surface area (Å²) in [5, 5.41) is 0. The summed E-state index contributed by atoms with van der Waals surface area (Å²) in [4.78, 5) is 28.3. The minimum absolute atomic E-state index is 0.174. The Labute approximate surface area is 117 Å². The van der Waals surface area contributed by atoms with Gasteiger partial charge in [0, 0.05) is 0 Å². The molecule has 1 fully saturated rings. The van der Waals surface area contributed by atoms with Crippen LogP contribution in [-0.2, 0) is 14.9 Å². The number of carbonyl (C=O) groups excluding carboxylic acids is 1. The van der Waals surface area contributed by atoms with E-state index in [4.69, 9.17) is 4.74 Å². The van der Waals surface area contributed by atoms with Crippen molar-refractivity contribution in [2.75, 3.05) is 6.61 Å². The second-order valence-electron chi connectivity index (χ2n) is 5.21. The Bertz CT molecular complexity index is 583. The van der Waals surface area contributed by atoms with Gasteiger partial charge in [-0.25, -0.2) is 15.0 Å². The molecule has 1 aliphatic rings. The molecule has 0 saturated heterocycles. The van der Waals surface area contributed by atoms with Gasteiger partial charge in [0.2, 0.25) is 0 Å². The first kappa shape index (κ1) is 13.0. The summed E-state index contributed by atoms with van der Waals surface area (Å²) < 4.78 is 5.30. The summed E-state index contributed by atoms with van der Waals surface area (Å²) in [5.41, 5.74) is 0.718. The second kappa shape index (κ2) is 5.19. The Kier molecular flexibility index (Phi) is 3.38. The van der Waals surface area contributed by atoms with Crippen molar-refractivity contribution < 1.29 is 9.53 Å². The molecule has 2 aromatic rings. The van der Waals surface area contributed by atoms with E-state index in [2.05, 4.69) is 19.9 Å². The highest BCUT2D eigenvalue weighted by Crippen LogP contribution is 2.39. The number of H-pyrrole nitrogens is 1. The summed E-state index contributed by atoms with van der Waals surface area (Å²) in [6.45, 7) is 2.22. The molecule has 0 aliphatic heterocycles. The van der Waals surface area contributed by atoms with Crippen LogP contribution in [0.2, 0.25) is 0 Å². The highest BCUT2D eigenvalue weighted by molar-refractivity contribution is 5.83. The number of fused-ring (bicyclic) bond motifs is 1. The van der Waals surface area contributed by atoms with Crippen LogP contribution >= 0.6 is 0 Å². The highest BCUT2D eigenvalue weighted by atomic mass is 16.5. The molecule has 1 aliphatic carbocycles. The quantitative estimate of drug-likeness (QED) is 0.867. The lowest BCUT2D eigenvalue weighted by atomic mass is 9.73. The van der Waals surface area contributed by atoms with E-state index in [-0.39, 0.29) is 5.97 Å². The maximum atomic E-state index is 12.5. The molecule has 3 rings (SSSR count). The third kappa shape index (κ3) is 2.05. The van der Waals surface area contributed by atoms with Gasteiger partial charge < -0.3 is 9.72 Å². The van der Waals surface area contributed by atoms with Crippen LogP contribution in [-0.4, -0.2) is 32.5 Å². The number of nitrogens with one attached hydrogen (secondary N) is 1. The number of aromatic nitrogens is 4. The topological polar surface area (TPSA) is 80.8 Å². The Morgan fingerprint density at radius 1 is 1.40 bits per heavy atom. The summed E-state index contributed by atoms with van der Waals surface area (Å²) in [5.74, 6) is 0.498. The third-order valence-electron chi connectivity index (χ3n) is 3.99. The number of hydrogen-bond acceptors (Lipinski definition) is 5. The second-order valence-corrected chi connectivity index (χ2v) is 5.21. The molecule has 1 saturated carbocycles. The maximum Gasteiger partial charge on any atom is 0.319 e. The van der Waals surface area contributed by atoms with Crippen molar-refractivity contribution in [2.45, 2.75) is 44.4 Å². The molecule has 0 amide bonds. The van der Waals surface area contributed by atoms with E-state index >= 15 is 0 Å². The number of aromatic amines is 1. The van der Waals surface area contributed by atoms with Crippen LogP contribution in [0.5, 0.6) is 0 Å². The van der Waals surface area contributed by atoms with Gasteiger partial charge in [-0.3, -0.25) is 4.79 Å². The van der Waals surface area contributed by atoms with Crippen molar-refractivity contribution in [3.8, 4) is 0 Å². The lowest BCUT2D eigenvalue weighted by Gasteiger charge is -2.32. The van der Waals surface area contributed by atoms with Gasteiger partial charge in [-0.15, -0.1) is 0 Å². The fourth-order valence-electron chi connectivity index (χ4n) is 2.95. The van der Waals surface area contributed by atoms with Crippen molar-refractivity contribution in [1.82, 2.24) is 19.9 Å². The number of nitrogens with zero attached hydrogens (tertiary/aromatic N) is 3. The van der Waals surface area contributed by atoms with Gasteiger partial charge in [0.15, 0.2) is 5.65 Å². The predicted molar refractivity (Wildman–Crippen MR) is 73.1 cm³/mol. The molecule has 0 atom stereocenters. The number of esters is 1. The van der Waals surface area contributed by atoms with Gasteiger partial charge in [0.1, 0.15) is 23.1 Å². The van der Waals surface area contributed by atoms with E-state index in [1.165, 1.54) is 6.33 Å². The van der Waals surface area contributed by atoms with Gasteiger partial charge in [0.05, 0.1) is 12.8 Å². The van der Waals surface area contributed by atoms with Gasteiger partial charge in [0.25, 0.3) is 0 Å². The largest absolute Gasteiger partial charge is 0.465 e. The number of hydrogen-bond donors (Lipinski definition) is 1. The average Bonchev–Trinajstić information content (AvgIpc) is 2.92. The van der Waals surface area contributed by atoms with Crippen LogP contribution in [0.15, 0.2) is 12.5 Å². The van der Waals surface area contributed by atoms with E-state index in [9.17, 15) is 4.79 Å². The van der Waals surface area contributed by atoms with Gasteiger partial charge >= 0.3 is 5.97 Å². The van der Waals surface area contributed by atoms with E-state index < -0.39 is 5.41 Å². The van der Waals surface area contributed by atoms with E-state index in [0.29, 0.717) is 18.1 Å². The normalized spacial score (nSPS) is 18.1. The van der Waals surface area contributed by atoms with Crippen LogP contribution in [0.25, 0.3) is 11.2 Å². The first-order chi connectivity index (χ1) is 9.76. The van der Waals surface area contributed by atoms with Gasteiger partial charge in [-0.05, 0) is 19.8 Å². The molecule has 0 spiro atoms.